The van der Waals surface area contributed by atoms with E-state index < -0.39 is 0 Å². The van der Waals surface area contributed by atoms with E-state index in [9.17, 15) is 0 Å². The highest BCUT2D eigenvalue weighted by atomic mass is 35.5. The first kappa shape index (κ1) is 17.2. The third-order valence-corrected chi connectivity index (χ3v) is 5.36. The summed E-state index contributed by atoms with van der Waals surface area (Å²) in [6.07, 6.45) is 0. The third-order valence-electron chi connectivity index (χ3n) is 4.08. The average Bonchev–Trinajstić information content (AvgIpc) is 3.00. The molecular weight excluding hydrogens is 370 g/mol. The second-order valence-electron chi connectivity index (χ2n) is 6.09. The van der Waals surface area contributed by atoms with E-state index in [0.717, 1.165) is 22.2 Å². The Morgan fingerprint density at radius 3 is 2.81 bits per heavy atom. The molecule has 0 amide bonds. The van der Waals surface area contributed by atoms with Crippen molar-refractivity contribution in [1.29, 1.82) is 0 Å². The van der Waals surface area contributed by atoms with Crippen molar-refractivity contribution in [2.45, 2.75) is 24.8 Å². The van der Waals surface area contributed by atoms with Gasteiger partial charge >= 0.3 is 0 Å². The average molecular weight is 388 g/mol. The van der Waals surface area contributed by atoms with Gasteiger partial charge in [-0.3, -0.25) is 4.57 Å². The summed E-state index contributed by atoms with van der Waals surface area (Å²) in [6.45, 7) is 5.11. The lowest BCUT2D eigenvalue weighted by Gasteiger charge is -2.20. The fourth-order valence-electron chi connectivity index (χ4n) is 2.90. The predicted molar refractivity (Wildman–Crippen MR) is 103 cm³/mol. The molecule has 3 aromatic rings. The van der Waals surface area contributed by atoms with Crippen molar-refractivity contribution in [2.24, 2.45) is 0 Å². The maximum absolute atomic E-state index is 6.33. The number of benzene rings is 2. The molecule has 0 radical (unpaired) electrons. The van der Waals surface area contributed by atoms with E-state index in [0.29, 0.717) is 35.5 Å². The predicted octanol–water partition coefficient (Wildman–Crippen LogP) is 4.60. The highest BCUT2D eigenvalue weighted by Crippen LogP contribution is 2.39. The maximum atomic E-state index is 6.33. The number of fused-ring (bicyclic) bond motifs is 1. The van der Waals surface area contributed by atoms with Gasteiger partial charge < -0.3 is 9.47 Å². The van der Waals surface area contributed by atoms with Crippen LogP contribution in [0.15, 0.2) is 41.6 Å². The molecule has 0 spiro atoms. The number of hydrogen-bond donors (Lipinski definition) is 0. The van der Waals surface area contributed by atoms with Crippen LogP contribution in [0.25, 0.3) is 5.69 Å². The van der Waals surface area contributed by atoms with E-state index in [2.05, 4.69) is 39.9 Å². The topological polar surface area (TPSA) is 49.2 Å². The summed E-state index contributed by atoms with van der Waals surface area (Å²) in [7, 11) is 0. The van der Waals surface area contributed by atoms with Gasteiger partial charge in [-0.2, -0.15) is 0 Å². The van der Waals surface area contributed by atoms with Crippen LogP contribution in [-0.2, 0) is 5.75 Å². The molecule has 2 heterocycles. The molecule has 2 aromatic carbocycles. The van der Waals surface area contributed by atoms with Crippen molar-refractivity contribution in [2.75, 3.05) is 13.2 Å². The normalized spacial score (nSPS) is 13.0. The number of nitrogens with zero attached hydrogens (tertiary/aromatic N) is 3. The maximum Gasteiger partial charge on any atom is 0.196 e. The quantitative estimate of drug-likeness (QED) is 0.612. The van der Waals surface area contributed by atoms with Crippen molar-refractivity contribution < 1.29 is 9.47 Å². The van der Waals surface area contributed by atoms with Gasteiger partial charge in [0.05, 0.1) is 5.02 Å². The summed E-state index contributed by atoms with van der Waals surface area (Å²) in [5.74, 6) is 2.90. The standard InChI is InChI=1S/C19H18ClN3O2S/c1-12-4-3-5-15(8-12)23-13(2)21-22-19(23)26-11-14-9-16(20)18-17(10-14)24-6-7-25-18/h3-5,8-10H,6-7,11H2,1-2H3. The van der Waals surface area contributed by atoms with Crippen LogP contribution in [0.2, 0.25) is 5.02 Å². The number of ether oxygens (including phenoxy) is 2. The summed E-state index contributed by atoms with van der Waals surface area (Å²) < 4.78 is 13.3. The van der Waals surface area contributed by atoms with Crippen molar-refractivity contribution >= 4 is 23.4 Å². The van der Waals surface area contributed by atoms with Crippen LogP contribution < -0.4 is 9.47 Å². The molecule has 7 heteroatoms. The summed E-state index contributed by atoms with van der Waals surface area (Å²) >= 11 is 7.95. The third kappa shape index (κ3) is 3.39. The van der Waals surface area contributed by atoms with Crippen LogP contribution in [0.5, 0.6) is 11.5 Å². The summed E-state index contributed by atoms with van der Waals surface area (Å²) in [5.41, 5.74) is 3.32. The minimum absolute atomic E-state index is 0.527. The Hall–Kier alpha value is -2.18. The monoisotopic (exact) mass is 387 g/mol. The van der Waals surface area contributed by atoms with Gasteiger partial charge in [-0.05, 0) is 49.2 Å². The van der Waals surface area contributed by atoms with Crippen molar-refractivity contribution in [1.82, 2.24) is 14.8 Å². The van der Waals surface area contributed by atoms with Gasteiger partial charge in [-0.15, -0.1) is 10.2 Å². The second kappa shape index (κ2) is 7.21. The summed E-state index contributed by atoms with van der Waals surface area (Å²) in [6, 6.07) is 12.2. The van der Waals surface area contributed by atoms with Gasteiger partial charge in [0, 0.05) is 11.4 Å². The minimum atomic E-state index is 0.527. The molecule has 26 heavy (non-hydrogen) atoms. The fourth-order valence-corrected chi connectivity index (χ4v) is 4.11. The number of aromatic nitrogens is 3. The molecule has 0 saturated heterocycles. The van der Waals surface area contributed by atoms with Crippen LogP contribution in [0, 0.1) is 13.8 Å². The first-order chi connectivity index (χ1) is 12.6. The Labute approximate surface area is 161 Å². The Balaban J connectivity index is 1.59. The number of rotatable bonds is 4. The van der Waals surface area contributed by atoms with Crippen LogP contribution in [-0.4, -0.2) is 28.0 Å². The Morgan fingerprint density at radius 2 is 1.96 bits per heavy atom. The zero-order valence-electron chi connectivity index (χ0n) is 14.5. The highest BCUT2D eigenvalue weighted by molar-refractivity contribution is 7.98. The molecule has 1 aliphatic heterocycles. The van der Waals surface area contributed by atoms with Gasteiger partial charge in [0.15, 0.2) is 16.7 Å². The van der Waals surface area contributed by atoms with Gasteiger partial charge in [0.25, 0.3) is 0 Å². The minimum Gasteiger partial charge on any atom is -0.486 e. The first-order valence-corrected chi connectivity index (χ1v) is 9.68. The molecule has 0 atom stereocenters. The SMILES string of the molecule is Cc1cccc(-n2c(C)nnc2SCc2cc(Cl)c3c(c2)OCCO3)c1. The van der Waals surface area contributed by atoms with Gasteiger partial charge in [-0.1, -0.05) is 35.5 Å². The number of aryl methyl sites for hydroxylation is 2. The lowest BCUT2D eigenvalue weighted by Crippen LogP contribution is -2.15. The molecule has 0 unspecified atom stereocenters. The van der Waals surface area contributed by atoms with E-state index in [1.54, 1.807) is 11.8 Å². The Morgan fingerprint density at radius 1 is 1.12 bits per heavy atom. The molecule has 0 bridgehead atoms. The highest BCUT2D eigenvalue weighted by Gasteiger charge is 2.18. The molecule has 1 aliphatic rings. The van der Waals surface area contributed by atoms with Crippen molar-refractivity contribution in [3.05, 3.63) is 58.4 Å². The Bertz CT molecular complexity index is 958. The van der Waals surface area contributed by atoms with Gasteiger partial charge in [0.2, 0.25) is 0 Å². The van der Waals surface area contributed by atoms with Crippen molar-refractivity contribution in [3.8, 4) is 17.2 Å². The number of halogens is 1. The molecule has 0 fully saturated rings. The van der Waals surface area contributed by atoms with Crippen molar-refractivity contribution in [3.63, 3.8) is 0 Å². The number of hydrogen-bond acceptors (Lipinski definition) is 5. The fraction of sp³-hybridized carbons (Fsp3) is 0.263. The molecule has 0 aliphatic carbocycles. The van der Waals surface area contributed by atoms with Gasteiger partial charge in [-0.25, -0.2) is 0 Å². The zero-order valence-corrected chi connectivity index (χ0v) is 16.1. The van der Waals surface area contributed by atoms with E-state index in [-0.39, 0.29) is 0 Å². The molecular formula is C19H18ClN3O2S. The first-order valence-electron chi connectivity index (χ1n) is 8.32. The Kier molecular flexibility index (Phi) is 4.78. The van der Waals surface area contributed by atoms with Crippen LogP contribution in [0.4, 0.5) is 0 Å². The molecule has 1 aromatic heterocycles. The van der Waals surface area contributed by atoms with E-state index in [1.807, 2.05) is 25.1 Å². The zero-order chi connectivity index (χ0) is 18.1. The van der Waals surface area contributed by atoms with Crippen LogP contribution >= 0.6 is 23.4 Å². The lowest BCUT2D eigenvalue weighted by atomic mass is 10.2. The lowest BCUT2D eigenvalue weighted by molar-refractivity contribution is 0.171. The largest absolute Gasteiger partial charge is 0.486 e. The molecule has 4 rings (SSSR count). The van der Waals surface area contributed by atoms with Gasteiger partial charge in [0.1, 0.15) is 19.0 Å². The van der Waals surface area contributed by atoms with Crippen LogP contribution in [0.3, 0.4) is 0 Å². The number of thioether (sulfide) groups is 1. The molecule has 0 saturated carbocycles. The summed E-state index contributed by atoms with van der Waals surface area (Å²) in [5, 5.41) is 10.0. The van der Waals surface area contributed by atoms with E-state index >= 15 is 0 Å². The van der Waals surface area contributed by atoms with E-state index in [4.69, 9.17) is 21.1 Å². The van der Waals surface area contributed by atoms with Crippen LogP contribution in [0.1, 0.15) is 17.0 Å². The summed E-state index contributed by atoms with van der Waals surface area (Å²) in [4.78, 5) is 0. The molecule has 0 N–H and O–H groups in total. The molecule has 134 valence electrons. The molecule has 5 nitrogen and oxygen atoms in total. The van der Waals surface area contributed by atoms with E-state index in [1.165, 1.54) is 5.56 Å². The second-order valence-corrected chi connectivity index (χ2v) is 7.44. The smallest absolute Gasteiger partial charge is 0.196 e.